The minimum absolute atomic E-state index is 0.00294. The molecule has 5 nitrogen and oxygen atoms in total. The number of ketones is 1. The van der Waals surface area contributed by atoms with Gasteiger partial charge < -0.3 is 14.7 Å². The third kappa shape index (κ3) is 2.41. The first-order valence-electron chi connectivity index (χ1n) is 7.00. The standard InChI is InChI=1S/C15H19N3O2/c1-16-6-8-17(9-7-16)13-4-2-3-5-14(13)18-11-12(19)10-15(18)20/h2-5H,6-11H2,1H3. The lowest BCUT2D eigenvalue weighted by Gasteiger charge is -2.36. The van der Waals surface area contributed by atoms with E-state index < -0.39 is 0 Å². The highest BCUT2D eigenvalue weighted by Gasteiger charge is 2.31. The number of nitrogens with zero attached hydrogens (tertiary/aromatic N) is 3. The predicted molar refractivity (Wildman–Crippen MR) is 78.1 cm³/mol. The maximum Gasteiger partial charge on any atom is 0.234 e. The average Bonchev–Trinajstić information content (AvgIpc) is 2.78. The Morgan fingerprint density at radius 2 is 1.60 bits per heavy atom. The molecule has 0 aliphatic carbocycles. The predicted octanol–water partition coefficient (Wildman–Crippen LogP) is 0.744. The van der Waals surface area contributed by atoms with Crippen molar-refractivity contribution in [1.82, 2.24) is 4.90 Å². The van der Waals surface area contributed by atoms with Crippen LogP contribution in [-0.2, 0) is 9.59 Å². The van der Waals surface area contributed by atoms with Crippen LogP contribution in [-0.4, -0.2) is 56.4 Å². The number of benzene rings is 1. The van der Waals surface area contributed by atoms with Crippen molar-refractivity contribution < 1.29 is 9.59 Å². The molecule has 0 bridgehead atoms. The number of piperazine rings is 1. The van der Waals surface area contributed by atoms with Gasteiger partial charge in [-0.1, -0.05) is 12.1 Å². The van der Waals surface area contributed by atoms with E-state index in [9.17, 15) is 9.59 Å². The summed E-state index contributed by atoms with van der Waals surface area (Å²) >= 11 is 0. The SMILES string of the molecule is CN1CCN(c2ccccc2N2CC(=O)CC2=O)CC1. The first-order chi connectivity index (χ1) is 9.65. The van der Waals surface area contributed by atoms with E-state index in [2.05, 4.69) is 16.8 Å². The largest absolute Gasteiger partial charge is 0.367 e. The third-order valence-corrected chi connectivity index (χ3v) is 4.00. The number of amides is 1. The summed E-state index contributed by atoms with van der Waals surface area (Å²) in [5.74, 6) is -0.0836. The molecule has 20 heavy (non-hydrogen) atoms. The summed E-state index contributed by atoms with van der Waals surface area (Å²) < 4.78 is 0. The molecule has 0 atom stereocenters. The van der Waals surface area contributed by atoms with Gasteiger partial charge in [-0.05, 0) is 19.2 Å². The molecular weight excluding hydrogens is 254 g/mol. The number of carbonyl (C=O) groups excluding carboxylic acids is 2. The third-order valence-electron chi connectivity index (χ3n) is 4.00. The van der Waals surface area contributed by atoms with Crippen LogP contribution in [0.15, 0.2) is 24.3 Å². The first kappa shape index (κ1) is 13.1. The molecule has 3 rings (SSSR count). The van der Waals surface area contributed by atoms with E-state index in [-0.39, 0.29) is 24.7 Å². The van der Waals surface area contributed by atoms with Crippen LogP contribution in [0.3, 0.4) is 0 Å². The number of rotatable bonds is 2. The fraction of sp³-hybridized carbons (Fsp3) is 0.467. The molecule has 1 aromatic carbocycles. The van der Waals surface area contributed by atoms with Gasteiger partial charge in [0.15, 0.2) is 5.78 Å². The second-order valence-corrected chi connectivity index (χ2v) is 5.47. The molecule has 5 heteroatoms. The number of likely N-dealkylation sites (N-methyl/N-ethyl adjacent to an activating group) is 1. The van der Waals surface area contributed by atoms with E-state index in [0.29, 0.717) is 0 Å². The average molecular weight is 273 g/mol. The number of Topliss-reactive ketones (excluding diaryl/α,β-unsaturated/α-hetero) is 1. The summed E-state index contributed by atoms with van der Waals surface area (Å²) in [6.07, 6.45) is 0.0388. The Morgan fingerprint density at radius 1 is 0.950 bits per heavy atom. The van der Waals surface area contributed by atoms with Crippen LogP contribution in [0.5, 0.6) is 0 Å². The fourth-order valence-electron chi connectivity index (χ4n) is 2.81. The molecule has 2 heterocycles. The summed E-state index contributed by atoms with van der Waals surface area (Å²) in [7, 11) is 2.12. The molecular formula is C15H19N3O2. The Hall–Kier alpha value is -1.88. The molecule has 1 aromatic rings. The van der Waals surface area contributed by atoms with Crippen LogP contribution in [0.25, 0.3) is 0 Å². The second-order valence-electron chi connectivity index (χ2n) is 5.47. The number of anilines is 2. The number of hydrogen-bond donors (Lipinski definition) is 0. The summed E-state index contributed by atoms with van der Waals surface area (Å²) in [6, 6.07) is 7.88. The Balaban J connectivity index is 1.88. The lowest BCUT2D eigenvalue weighted by Crippen LogP contribution is -2.45. The van der Waals surface area contributed by atoms with Crippen molar-refractivity contribution in [3.63, 3.8) is 0 Å². The van der Waals surface area contributed by atoms with Crippen LogP contribution < -0.4 is 9.80 Å². The van der Waals surface area contributed by atoms with E-state index in [0.717, 1.165) is 37.6 Å². The zero-order valence-electron chi connectivity index (χ0n) is 11.7. The normalized spacial score (nSPS) is 20.9. The molecule has 0 radical (unpaired) electrons. The zero-order chi connectivity index (χ0) is 14.1. The molecule has 2 saturated heterocycles. The van der Waals surface area contributed by atoms with Crippen LogP contribution in [0.1, 0.15) is 6.42 Å². The monoisotopic (exact) mass is 273 g/mol. The van der Waals surface area contributed by atoms with E-state index in [1.165, 1.54) is 0 Å². The van der Waals surface area contributed by atoms with Crippen molar-refractivity contribution in [2.45, 2.75) is 6.42 Å². The van der Waals surface area contributed by atoms with Crippen molar-refractivity contribution in [2.24, 2.45) is 0 Å². The minimum Gasteiger partial charge on any atom is -0.367 e. The summed E-state index contributed by atoms with van der Waals surface area (Å²) in [6.45, 7) is 4.14. The zero-order valence-corrected chi connectivity index (χ0v) is 11.7. The Labute approximate surface area is 118 Å². The van der Waals surface area contributed by atoms with Crippen molar-refractivity contribution in [3.05, 3.63) is 24.3 Å². The number of carbonyl (C=O) groups is 2. The van der Waals surface area contributed by atoms with Crippen LogP contribution in [0.2, 0.25) is 0 Å². The molecule has 1 amide bonds. The van der Waals surface area contributed by atoms with Gasteiger partial charge >= 0.3 is 0 Å². The highest BCUT2D eigenvalue weighted by atomic mass is 16.2. The first-order valence-corrected chi connectivity index (χ1v) is 7.00. The van der Waals surface area contributed by atoms with E-state index in [1.807, 2.05) is 24.3 Å². The van der Waals surface area contributed by atoms with Crippen LogP contribution in [0, 0.1) is 0 Å². The van der Waals surface area contributed by atoms with Gasteiger partial charge in [0, 0.05) is 26.2 Å². The van der Waals surface area contributed by atoms with Gasteiger partial charge in [0.05, 0.1) is 24.3 Å². The molecule has 2 fully saturated rings. The smallest absolute Gasteiger partial charge is 0.234 e. The van der Waals surface area contributed by atoms with Gasteiger partial charge in [-0.25, -0.2) is 0 Å². The van der Waals surface area contributed by atoms with Gasteiger partial charge in [-0.15, -0.1) is 0 Å². The summed E-state index contributed by atoms with van der Waals surface area (Å²) in [5, 5.41) is 0. The molecule has 0 spiro atoms. The highest BCUT2D eigenvalue weighted by Crippen LogP contribution is 2.32. The molecule has 0 aromatic heterocycles. The van der Waals surface area contributed by atoms with E-state index in [4.69, 9.17) is 0 Å². The molecule has 106 valence electrons. The Bertz CT molecular complexity index is 536. The topological polar surface area (TPSA) is 43.9 Å². The van der Waals surface area contributed by atoms with Crippen LogP contribution in [0.4, 0.5) is 11.4 Å². The van der Waals surface area contributed by atoms with Crippen LogP contribution >= 0.6 is 0 Å². The number of hydrogen-bond acceptors (Lipinski definition) is 4. The molecule has 2 aliphatic rings. The maximum absolute atomic E-state index is 12.0. The minimum atomic E-state index is -0.0865. The quantitative estimate of drug-likeness (QED) is 0.746. The fourth-order valence-corrected chi connectivity index (χ4v) is 2.81. The number of para-hydroxylation sites is 2. The van der Waals surface area contributed by atoms with Crippen molar-refractivity contribution >= 4 is 23.1 Å². The van der Waals surface area contributed by atoms with Gasteiger partial charge in [0.2, 0.25) is 5.91 Å². The van der Waals surface area contributed by atoms with Gasteiger partial charge in [-0.3, -0.25) is 9.59 Å². The molecule has 0 unspecified atom stereocenters. The highest BCUT2D eigenvalue weighted by molar-refractivity contribution is 6.16. The summed E-state index contributed by atoms with van der Waals surface area (Å²) in [5.41, 5.74) is 1.93. The van der Waals surface area contributed by atoms with E-state index >= 15 is 0 Å². The summed E-state index contributed by atoms with van der Waals surface area (Å²) in [4.78, 5) is 29.6. The second kappa shape index (κ2) is 5.25. The Morgan fingerprint density at radius 3 is 2.20 bits per heavy atom. The molecule has 0 saturated carbocycles. The Kier molecular flexibility index (Phi) is 3.44. The maximum atomic E-state index is 12.0. The van der Waals surface area contributed by atoms with Gasteiger partial charge in [0.1, 0.15) is 0 Å². The van der Waals surface area contributed by atoms with Gasteiger partial charge in [0.25, 0.3) is 0 Å². The van der Waals surface area contributed by atoms with Crippen molar-refractivity contribution in [1.29, 1.82) is 0 Å². The van der Waals surface area contributed by atoms with E-state index in [1.54, 1.807) is 4.90 Å². The molecule has 2 aliphatic heterocycles. The lowest BCUT2D eigenvalue weighted by molar-refractivity contribution is -0.121. The van der Waals surface area contributed by atoms with Crippen molar-refractivity contribution in [3.8, 4) is 0 Å². The van der Waals surface area contributed by atoms with Crippen molar-refractivity contribution in [2.75, 3.05) is 49.6 Å². The lowest BCUT2D eigenvalue weighted by atomic mass is 10.2. The van der Waals surface area contributed by atoms with Gasteiger partial charge in [-0.2, -0.15) is 0 Å². The molecule has 0 N–H and O–H groups in total.